The zero-order valence-electron chi connectivity index (χ0n) is 15.7. The molecular formula is C21H24N4O2. The molecule has 1 unspecified atom stereocenters. The van der Waals surface area contributed by atoms with Gasteiger partial charge in [0.1, 0.15) is 23.6 Å². The Kier molecular flexibility index (Phi) is 4.96. The highest BCUT2D eigenvalue weighted by Crippen LogP contribution is 2.27. The molecule has 1 atom stereocenters. The lowest BCUT2D eigenvalue weighted by Crippen LogP contribution is -2.22. The highest BCUT2D eigenvalue weighted by molar-refractivity contribution is 5.60. The Bertz CT molecular complexity index is 909. The Labute approximate surface area is 159 Å². The van der Waals surface area contributed by atoms with Crippen molar-refractivity contribution in [3.8, 4) is 17.1 Å². The molecule has 1 aliphatic rings. The molecule has 2 heterocycles. The Morgan fingerprint density at radius 3 is 2.78 bits per heavy atom. The van der Waals surface area contributed by atoms with Gasteiger partial charge in [-0.25, -0.2) is 9.97 Å². The van der Waals surface area contributed by atoms with Gasteiger partial charge < -0.3 is 19.8 Å². The van der Waals surface area contributed by atoms with Gasteiger partial charge in [0.2, 0.25) is 0 Å². The van der Waals surface area contributed by atoms with Crippen LogP contribution in [0.5, 0.6) is 5.75 Å². The molecule has 6 heteroatoms. The molecule has 4 rings (SSSR count). The van der Waals surface area contributed by atoms with E-state index in [2.05, 4.69) is 27.8 Å². The molecule has 140 valence electrons. The lowest BCUT2D eigenvalue weighted by Gasteiger charge is -2.19. The molecule has 2 aromatic heterocycles. The summed E-state index contributed by atoms with van der Waals surface area (Å²) in [5.74, 6) is 3.16. The molecule has 0 saturated heterocycles. The normalized spacial score (nSPS) is 16.3. The summed E-state index contributed by atoms with van der Waals surface area (Å²) in [5.41, 5.74) is 3.63. The zero-order valence-corrected chi connectivity index (χ0v) is 15.7. The third kappa shape index (κ3) is 3.89. The number of hydrogen-bond donors (Lipinski definition) is 2. The number of anilines is 2. The van der Waals surface area contributed by atoms with Crippen LogP contribution in [0.15, 0.2) is 47.3 Å². The largest absolute Gasteiger partial charge is 0.497 e. The molecule has 6 nitrogen and oxygen atoms in total. The lowest BCUT2D eigenvalue weighted by molar-refractivity contribution is 0.414. The number of rotatable bonds is 5. The van der Waals surface area contributed by atoms with Gasteiger partial charge >= 0.3 is 0 Å². The lowest BCUT2D eigenvalue weighted by atomic mass is 10.0. The summed E-state index contributed by atoms with van der Waals surface area (Å²) in [6.07, 6.45) is 7.59. The van der Waals surface area contributed by atoms with Crippen molar-refractivity contribution < 1.29 is 9.15 Å². The minimum atomic E-state index is 0.315. The van der Waals surface area contributed by atoms with Crippen LogP contribution < -0.4 is 15.4 Å². The molecule has 1 aliphatic carbocycles. The zero-order chi connectivity index (χ0) is 18.6. The van der Waals surface area contributed by atoms with Gasteiger partial charge in [0.25, 0.3) is 0 Å². The van der Waals surface area contributed by atoms with Gasteiger partial charge in [-0.1, -0.05) is 6.07 Å². The van der Waals surface area contributed by atoms with E-state index in [1.807, 2.05) is 25.2 Å². The Balaban J connectivity index is 1.58. The maximum absolute atomic E-state index is 5.40. The first-order chi connectivity index (χ1) is 13.2. The topological polar surface area (TPSA) is 72.2 Å². The summed E-state index contributed by atoms with van der Waals surface area (Å²) < 4.78 is 10.6. The summed E-state index contributed by atoms with van der Waals surface area (Å²) in [5, 5.41) is 6.73. The van der Waals surface area contributed by atoms with E-state index in [4.69, 9.17) is 14.1 Å². The van der Waals surface area contributed by atoms with Crippen LogP contribution in [0.1, 0.15) is 24.0 Å². The minimum Gasteiger partial charge on any atom is -0.497 e. The standard InChI is InChI=1S/C21H24N4O2/c1-22-19-12-20(25-21(24-19)15-8-9-27-13-15)23-17-5-3-4-14-6-7-18(26-2)11-16(14)10-17/h6-9,11-13,17H,3-5,10H2,1-2H3,(H2,22,23,24,25). The highest BCUT2D eigenvalue weighted by Gasteiger charge is 2.18. The van der Waals surface area contributed by atoms with E-state index in [9.17, 15) is 0 Å². The Morgan fingerprint density at radius 2 is 2.00 bits per heavy atom. The van der Waals surface area contributed by atoms with E-state index in [0.717, 1.165) is 48.6 Å². The number of nitrogens with zero attached hydrogens (tertiary/aromatic N) is 2. The van der Waals surface area contributed by atoms with Crippen LogP contribution in [-0.2, 0) is 12.8 Å². The fraction of sp³-hybridized carbons (Fsp3) is 0.333. The number of benzene rings is 1. The van der Waals surface area contributed by atoms with Crippen LogP contribution in [0.4, 0.5) is 11.6 Å². The number of furan rings is 1. The van der Waals surface area contributed by atoms with E-state index in [-0.39, 0.29) is 0 Å². The van der Waals surface area contributed by atoms with Gasteiger partial charge in [0.15, 0.2) is 5.82 Å². The summed E-state index contributed by atoms with van der Waals surface area (Å²) in [6.45, 7) is 0. The van der Waals surface area contributed by atoms with Crippen LogP contribution in [0, 0.1) is 0 Å². The second-order valence-electron chi connectivity index (χ2n) is 6.80. The van der Waals surface area contributed by atoms with Gasteiger partial charge in [-0.3, -0.25) is 0 Å². The van der Waals surface area contributed by atoms with Crippen LogP contribution in [0.25, 0.3) is 11.4 Å². The van der Waals surface area contributed by atoms with Crippen LogP contribution in [0.2, 0.25) is 0 Å². The van der Waals surface area contributed by atoms with Gasteiger partial charge in [-0.15, -0.1) is 0 Å². The van der Waals surface area contributed by atoms with Crippen molar-refractivity contribution in [3.05, 3.63) is 54.0 Å². The van der Waals surface area contributed by atoms with Crippen molar-refractivity contribution in [1.82, 2.24) is 9.97 Å². The maximum Gasteiger partial charge on any atom is 0.167 e. The van der Waals surface area contributed by atoms with Gasteiger partial charge in [-0.2, -0.15) is 0 Å². The summed E-state index contributed by atoms with van der Waals surface area (Å²) in [7, 11) is 3.57. The summed E-state index contributed by atoms with van der Waals surface area (Å²) >= 11 is 0. The number of methoxy groups -OCH3 is 1. The van der Waals surface area contributed by atoms with Crippen molar-refractivity contribution >= 4 is 11.6 Å². The average molecular weight is 364 g/mol. The van der Waals surface area contributed by atoms with Crippen LogP contribution >= 0.6 is 0 Å². The molecule has 0 radical (unpaired) electrons. The molecule has 0 fully saturated rings. The second-order valence-corrected chi connectivity index (χ2v) is 6.80. The van der Waals surface area contributed by atoms with E-state index < -0.39 is 0 Å². The van der Waals surface area contributed by atoms with Crippen molar-refractivity contribution in [1.29, 1.82) is 0 Å². The van der Waals surface area contributed by atoms with Crippen LogP contribution in [0.3, 0.4) is 0 Å². The predicted octanol–water partition coefficient (Wildman–Crippen LogP) is 4.15. The number of nitrogens with one attached hydrogen (secondary N) is 2. The fourth-order valence-electron chi connectivity index (χ4n) is 3.57. The number of ether oxygens (including phenoxy) is 1. The summed E-state index contributed by atoms with van der Waals surface area (Å²) in [6, 6.07) is 10.5. The Morgan fingerprint density at radius 1 is 1.11 bits per heavy atom. The highest BCUT2D eigenvalue weighted by atomic mass is 16.5. The van der Waals surface area contributed by atoms with E-state index in [1.165, 1.54) is 11.1 Å². The van der Waals surface area contributed by atoms with Crippen LogP contribution in [-0.4, -0.2) is 30.2 Å². The number of aromatic nitrogens is 2. The third-order valence-electron chi connectivity index (χ3n) is 4.99. The fourth-order valence-corrected chi connectivity index (χ4v) is 3.57. The summed E-state index contributed by atoms with van der Waals surface area (Å²) in [4.78, 5) is 9.22. The number of hydrogen-bond acceptors (Lipinski definition) is 6. The van der Waals surface area contributed by atoms with Gasteiger partial charge in [-0.05, 0) is 55.0 Å². The van der Waals surface area contributed by atoms with E-state index in [1.54, 1.807) is 19.6 Å². The number of aryl methyl sites for hydroxylation is 1. The maximum atomic E-state index is 5.40. The molecule has 0 bridgehead atoms. The first-order valence-electron chi connectivity index (χ1n) is 9.27. The third-order valence-corrected chi connectivity index (χ3v) is 4.99. The molecule has 1 aromatic carbocycles. The molecule has 2 N–H and O–H groups in total. The van der Waals surface area contributed by atoms with Gasteiger partial charge in [0, 0.05) is 19.2 Å². The molecule has 3 aromatic rings. The first kappa shape index (κ1) is 17.4. The molecule has 0 saturated carbocycles. The second kappa shape index (κ2) is 7.70. The first-order valence-corrected chi connectivity index (χ1v) is 9.27. The molecule has 0 spiro atoms. The van der Waals surface area contributed by atoms with E-state index >= 15 is 0 Å². The average Bonchev–Trinajstić information content (AvgIpc) is 3.16. The van der Waals surface area contributed by atoms with Crippen molar-refractivity contribution in [2.24, 2.45) is 0 Å². The monoisotopic (exact) mass is 364 g/mol. The van der Waals surface area contributed by atoms with Crippen molar-refractivity contribution in [3.63, 3.8) is 0 Å². The van der Waals surface area contributed by atoms with Crippen molar-refractivity contribution in [2.45, 2.75) is 31.7 Å². The Hall–Kier alpha value is -3.02. The quantitative estimate of drug-likeness (QED) is 0.663. The van der Waals surface area contributed by atoms with E-state index in [0.29, 0.717) is 11.9 Å². The van der Waals surface area contributed by atoms with Crippen molar-refractivity contribution in [2.75, 3.05) is 24.8 Å². The molecule has 27 heavy (non-hydrogen) atoms. The molecular weight excluding hydrogens is 340 g/mol. The van der Waals surface area contributed by atoms with Gasteiger partial charge in [0.05, 0.1) is 18.9 Å². The molecule has 0 aliphatic heterocycles. The predicted molar refractivity (Wildman–Crippen MR) is 106 cm³/mol. The minimum absolute atomic E-state index is 0.315. The number of fused-ring (bicyclic) bond motifs is 1. The smallest absolute Gasteiger partial charge is 0.167 e. The molecule has 0 amide bonds. The SMILES string of the molecule is CNc1cc(NC2CCCc3ccc(OC)cc3C2)nc(-c2ccoc2)n1.